The number of ether oxygens (including phenoxy) is 1. The first-order valence-electron chi connectivity index (χ1n) is 5.83. The summed E-state index contributed by atoms with van der Waals surface area (Å²) in [6.07, 6.45) is 0.307. The zero-order chi connectivity index (χ0) is 14.1. The number of amides is 2. The van der Waals surface area contributed by atoms with Crippen molar-refractivity contribution in [1.82, 2.24) is 5.32 Å². The molecule has 0 fully saturated rings. The Bertz CT molecular complexity index is 498. The minimum absolute atomic E-state index is 0.0676. The van der Waals surface area contributed by atoms with E-state index in [1.807, 2.05) is 0 Å². The van der Waals surface area contributed by atoms with Gasteiger partial charge in [-0.25, -0.2) is 0 Å². The maximum Gasteiger partial charge on any atom is 0.300 e. The van der Waals surface area contributed by atoms with Crippen LogP contribution in [0.5, 0.6) is 5.75 Å². The van der Waals surface area contributed by atoms with E-state index in [1.54, 1.807) is 38.2 Å². The number of carbonyl (C=O) groups excluding carboxylic acids is 2. The summed E-state index contributed by atoms with van der Waals surface area (Å²) in [6, 6.07) is 6.87. The average Bonchev–Trinajstić information content (AvgIpc) is 2.41. The lowest BCUT2D eigenvalue weighted by Gasteiger charge is -2.06. The zero-order valence-corrected chi connectivity index (χ0v) is 10.9. The lowest BCUT2D eigenvalue weighted by molar-refractivity contribution is -0.121. The van der Waals surface area contributed by atoms with Crippen molar-refractivity contribution in [2.45, 2.75) is 13.3 Å². The number of rotatable bonds is 5. The number of carbonyl (C=O) groups is 2. The van der Waals surface area contributed by atoms with Crippen LogP contribution in [0.15, 0.2) is 24.3 Å². The molecule has 1 aromatic carbocycles. The maximum atomic E-state index is 11.2. The van der Waals surface area contributed by atoms with E-state index >= 15 is 0 Å². The standard InChI is InChI=1S/C14H16N2O3/c1-3-4-14(18)16-11-5-7-12(8-6-11)19-10-9-13(17)15-2/h5-8H,9-10H2,1-2H3,(H,15,17)(H,16,18). The van der Waals surface area contributed by atoms with Crippen LogP contribution in [0, 0.1) is 11.8 Å². The summed E-state index contributed by atoms with van der Waals surface area (Å²) in [5, 5.41) is 5.14. The Balaban J connectivity index is 2.44. The highest BCUT2D eigenvalue weighted by molar-refractivity contribution is 6.03. The Morgan fingerprint density at radius 1 is 1.26 bits per heavy atom. The van der Waals surface area contributed by atoms with E-state index in [-0.39, 0.29) is 11.8 Å². The molecule has 0 aromatic heterocycles. The van der Waals surface area contributed by atoms with E-state index in [9.17, 15) is 9.59 Å². The first-order chi connectivity index (χ1) is 9.15. The minimum Gasteiger partial charge on any atom is -0.493 e. The highest BCUT2D eigenvalue weighted by Gasteiger charge is 2.01. The number of anilines is 1. The Labute approximate surface area is 112 Å². The van der Waals surface area contributed by atoms with Crippen molar-refractivity contribution in [3.05, 3.63) is 24.3 Å². The van der Waals surface area contributed by atoms with Crippen LogP contribution in [0.1, 0.15) is 13.3 Å². The first-order valence-corrected chi connectivity index (χ1v) is 5.83. The van der Waals surface area contributed by atoms with Gasteiger partial charge in [0.15, 0.2) is 0 Å². The van der Waals surface area contributed by atoms with E-state index in [4.69, 9.17) is 4.74 Å². The predicted molar refractivity (Wildman–Crippen MR) is 72.7 cm³/mol. The lowest BCUT2D eigenvalue weighted by Crippen LogP contribution is -2.20. The van der Waals surface area contributed by atoms with Gasteiger partial charge in [0.1, 0.15) is 5.75 Å². The van der Waals surface area contributed by atoms with Crippen molar-refractivity contribution in [3.8, 4) is 17.6 Å². The fraction of sp³-hybridized carbons (Fsp3) is 0.286. The molecule has 2 N–H and O–H groups in total. The molecule has 0 radical (unpaired) electrons. The first kappa shape index (κ1) is 14.6. The SMILES string of the molecule is CC#CC(=O)Nc1ccc(OCCC(=O)NC)cc1. The number of hydrogen-bond donors (Lipinski definition) is 2. The van der Waals surface area contributed by atoms with Gasteiger partial charge in [-0.05, 0) is 37.1 Å². The molecule has 19 heavy (non-hydrogen) atoms. The predicted octanol–water partition coefficient (Wildman–Crippen LogP) is 1.16. The van der Waals surface area contributed by atoms with Gasteiger partial charge < -0.3 is 15.4 Å². The summed E-state index contributed by atoms with van der Waals surface area (Å²) in [5.74, 6) is 5.13. The largest absolute Gasteiger partial charge is 0.493 e. The van der Waals surface area contributed by atoms with Gasteiger partial charge in [0.25, 0.3) is 5.91 Å². The van der Waals surface area contributed by atoms with Crippen LogP contribution in [0.25, 0.3) is 0 Å². The third-order valence-corrected chi connectivity index (χ3v) is 2.23. The van der Waals surface area contributed by atoms with E-state index < -0.39 is 0 Å². The highest BCUT2D eigenvalue weighted by Crippen LogP contribution is 2.15. The van der Waals surface area contributed by atoms with E-state index in [0.29, 0.717) is 24.5 Å². The summed E-state index contributed by atoms with van der Waals surface area (Å²) in [5.41, 5.74) is 0.645. The van der Waals surface area contributed by atoms with Crippen molar-refractivity contribution in [2.24, 2.45) is 0 Å². The molecular weight excluding hydrogens is 244 g/mol. The zero-order valence-electron chi connectivity index (χ0n) is 10.9. The second-order valence-corrected chi connectivity index (χ2v) is 3.63. The second-order valence-electron chi connectivity index (χ2n) is 3.63. The van der Waals surface area contributed by atoms with Gasteiger partial charge in [-0.2, -0.15) is 0 Å². The van der Waals surface area contributed by atoms with Crippen LogP contribution in [-0.4, -0.2) is 25.5 Å². The molecule has 2 amide bonds. The lowest BCUT2D eigenvalue weighted by atomic mass is 10.3. The fourth-order valence-electron chi connectivity index (χ4n) is 1.30. The number of hydrogen-bond acceptors (Lipinski definition) is 3. The summed E-state index contributed by atoms with van der Waals surface area (Å²) < 4.78 is 5.38. The number of nitrogens with one attached hydrogen (secondary N) is 2. The molecule has 0 heterocycles. The Morgan fingerprint density at radius 3 is 2.53 bits per heavy atom. The molecule has 1 aromatic rings. The second kappa shape index (κ2) is 7.77. The Kier molecular flexibility index (Phi) is 5.96. The average molecular weight is 260 g/mol. The molecule has 0 unspecified atom stereocenters. The molecule has 1 rings (SSSR count). The van der Waals surface area contributed by atoms with Crippen molar-refractivity contribution in [3.63, 3.8) is 0 Å². The van der Waals surface area contributed by atoms with Gasteiger partial charge in [-0.15, -0.1) is 0 Å². The van der Waals surface area contributed by atoms with Gasteiger partial charge in [0, 0.05) is 12.7 Å². The normalized spacial score (nSPS) is 8.95. The molecule has 0 saturated heterocycles. The molecule has 0 bridgehead atoms. The summed E-state index contributed by atoms with van der Waals surface area (Å²) >= 11 is 0. The summed E-state index contributed by atoms with van der Waals surface area (Å²) in [4.78, 5) is 22.2. The maximum absolute atomic E-state index is 11.2. The topological polar surface area (TPSA) is 67.4 Å². The van der Waals surface area contributed by atoms with Crippen LogP contribution in [-0.2, 0) is 9.59 Å². The van der Waals surface area contributed by atoms with E-state index in [0.717, 1.165) is 0 Å². The van der Waals surface area contributed by atoms with E-state index in [2.05, 4.69) is 22.5 Å². The molecule has 0 atom stereocenters. The van der Waals surface area contributed by atoms with Crippen LogP contribution >= 0.6 is 0 Å². The van der Waals surface area contributed by atoms with Gasteiger partial charge >= 0.3 is 0 Å². The van der Waals surface area contributed by atoms with Crippen LogP contribution in [0.4, 0.5) is 5.69 Å². The van der Waals surface area contributed by atoms with Gasteiger partial charge in [0.05, 0.1) is 13.0 Å². The Hall–Kier alpha value is -2.48. The van der Waals surface area contributed by atoms with Crippen molar-refractivity contribution >= 4 is 17.5 Å². The quantitative estimate of drug-likeness (QED) is 0.781. The molecule has 0 saturated carbocycles. The summed E-state index contributed by atoms with van der Waals surface area (Å²) in [7, 11) is 1.58. The highest BCUT2D eigenvalue weighted by atomic mass is 16.5. The molecule has 0 aliphatic rings. The molecule has 5 nitrogen and oxygen atoms in total. The fourth-order valence-corrected chi connectivity index (χ4v) is 1.30. The third-order valence-electron chi connectivity index (χ3n) is 2.23. The molecule has 0 aliphatic carbocycles. The van der Waals surface area contributed by atoms with Crippen LogP contribution in [0.3, 0.4) is 0 Å². The van der Waals surface area contributed by atoms with Crippen LogP contribution in [0.2, 0.25) is 0 Å². The summed E-state index contributed by atoms with van der Waals surface area (Å²) in [6.45, 7) is 1.91. The van der Waals surface area contributed by atoms with Crippen molar-refractivity contribution in [2.75, 3.05) is 19.0 Å². The third kappa shape index (κ3) is 5.59. The van der Waals surface area contributed by atoms with E-state index in [1.165, 1.54) is 0 Å². The minimum atomic E-state index is -0.351. The number of benzene rings is 1. The van der Waals surface area contributed by atoms with Crippen LogP contribution < -0.4 is 15.4 Å². The Morgan fingerprint density at radius 2 is 1.95 bits per heavy atom. The monoisotopic (exact) mass is 260 g/mol. The molecule has 5 heteroatoms. The molecular formula is C14H16N2O3. The van der Waals surface area contributed by atoms with Gasteiger partial charge in [0.2, 0.25) is 5.91 Å². The van der Waals surface area contributed by atoms with Crippen molar-refractivity contribution < 1.29 is 14.3 Å². The van der Waals surface area contributed by atoms with Crippen molar-refractivity contribution in [1.29, 1.82) is 0 Å². The molecule has 0 spiro atoms. The smallest absolute Gasteiger partial charge is 0.300 e. The van der Waals surface area contributed by atoms with Gasteiger partial charge in [-0.3, -0.25) is 9.59 Å². The molecule has 0 aliphatic heterocycles. The van der Waals surface area contributed by atoms with Gasteiger partial charge in [-0.1, -0.05) is 5.92 Å². The molecule has 100 valence electrons.